The normalized spacial score (nSPS) is 29.4. The summed E-state index contributed by atoms with van der Waals surface area (Å²) in [4.78, 5) is 0. The zero-order valence-electron chi connectivity index (χ0n) is 7.69. The largest absolute Gasteiger partial charge is 0.326 e. The smallest absolute Gasteiger partial charge is 0.209 e. The van der Waals surface area contributed by atoms with E-state index >= 15 is 0 Å². The van der Waals surface area contributed by atoms with Gasteiger partial charge in [-0.3, -0.25) is 0 Å². The summed E-state index contributed by atoms with van der Waals surface area (Å²) in [6.07, 6.45) is 5.15. The number of nitrogens with two attached hydrogens (primary N) is 1. The van der Waals surface area contributed by atoms with Crippen LogP contribution in [0.15, 0.2) is 0 Å². The van der Waals surface area contributed by atoms with Gasteiger partial charge in [0, 0.05) is 12.1 Å². The van der Waals surface area contributed by atoms with Crippen molar-refractivity contribution in [2.45, 2.75) is 37.8 Å². The lowest BCUT2D eigenvalue weighted by atomic mass is 9.92. The first kappa shape index (κ1) is 13.2. The average molecular weight is 229 g/mol. The van der Waals surface area contributed by atoms with E-state index < -0.39 is 10.0 Å². The highest BCUT2D eigenvalue weighted by Crippen LogP contribution is 2.17. The average Bonchev–Trinajstić information content (AvgIpc) is 1.91. The second kappa shape index (κ2) is 5.14. The van der Waals surface area contributed by atoms with E-state index in [-0.39, 0.29) is 24.5 Å². The summed E-state index contributed by atoms with van der Waals surface area (Å²) in [5, 5.41) is 0. The van der Waals surface area contributed by atoms with Gasteiger partial charge in [0.2, 0.25) is 10.0 Å². The predicted molar refractivity (Wildman–Crippen MR) is 55.5 cm³/mol. The van der Waals surface area contributed by atoms with Gasteiger partial charge in [-0.05, 0) is 12.8 Å². The fourth-order valence-corrected chi connectivity index (χ4v) is 2.42. The van der Waals surface area contributed by atoms with Crippen molar-refractivity contribution in [2.24, 2.45) is 5.73 Å². The highest BCUT2D eigenvalue weighted by molar-refractivity contribution is 7.88. The maximum absolute atomic E-state index is 10.9. The Morgan fingerprint density at radius 1 is 1.31 bits per heavy atom. The molecule has 1 rings (SSSR count). The quantitative estimate of drug-likeness (QED) is 0.711. The van der Waals surface area contributed by atoms with Crippen LogP contribution in [0.2, 0.25) is 0 Å². The van der Waals surface area contributed by atoms with Gasteiger partial charge in [-0.25, -0.2) is 13.1 Å². The standard InChI is InChI=1S/C7H16N2O2S.ClH/c1-12(10,11)9-7-5-3-2-4-6(7)8;/h6-7,9H,2-5,8H2,1H3;1H/t6-,7+;/m1./s1. The van der Waals surface area contributed by atoms with E-state index in [1.807, 2.05) is 0 Å². The first-order chi connectivity index (χ1) is 5.49. The Morgan fingerprint density at radius 2 is 1.85 bits per heavy atom. The molecule has 13 heavy (non-hydrogen) atoms. The Balaban J connectivity index is 0.00000144. The molecule has 0 heterocycles. The van der Waals surface area contributed by atoms with Crippen molar-refractivity contribution in [2.75, 3.05) is 6.26 Å². The Kier molecular flexibility index (Phi) is 5.21. The van der Waals surface area contributed by atoms with E-state index in [1.165, 1.54) is 6.26 Å². The second-order valence-electron chi connectivity index (χ2n) is 3.44. The number of halogens is 1. The Labute approximate surface area is 85.7 Å². The Bertz CT molecular complexity index is 243. The van der Waals surface area contributed by atoms with E-state index in [0.29, 0.717) is 0 Å². The molecule has 6 heteroatoms. The van der Waals surface area contributed by atoms with Gasteiger partial charge < -0.3 is 5.73 Å². The lowest BCUT2D eigenvalue weighted by Gasteiger charge is -2.28. The monoisotopic (exact) mass is 228 g/mol. The van der Waals surface area contributed by atoms with Crippen molar-refractivity contribution in [3.8, 4) is 0 Å². The van der Waals surface area contributed by atoms with Crippen molar-refractivity contribution in [1.29, 1.82) is 0 Å². The van der Waals surface area contributed by atoms with Gasteiger partial charge in [0.1, 0.15) is 0 Å². The fraction of sp³-hybridized carbons (Fsp3) is 1.00. The van der Waals surface area contributed by atoms with Crippen LogP contribution in [0.1, 0.15) is 25.7 Å². The summed E-state index contributed by atoms with van der Waals surface area (Å²) in [5.41, 5.74) is 5.76. The minimum absolute atomic E-state index is 0. The van der Waals surface area contributed by atoms with Crippen LogP contribution in [-0.4, -0.2) is 26.8 Å². The van der Waals surface area contributed by atoms with Crippen LogP contribution in [0.25, 0.3) is 0 Å². The highest BCUT2D eigenvalue weighted by atomic mass is 35.5. The number of sulfonamides is 1. The first-order valence-corrected chi connectivity index (χ1v) is 6.11. The Morgan fingerprint density at radius 3 is 2.31 bits per heavy atom. The van der Waals surface area contributed by atoms with Gasteiger partial charge in [0.15, 0.2) is 0 Å². The van der Waals surface area contributed by atoms with E-state index in [2.05, 4.69) is 4.72 Å². The molecule has 0 saturated heterocycles. The van der Waals surface area contributed by atoms with E-state index in [9.17, 15) is 8.42 Å². The molecule has 0 spiro atoms. The lowest BCUT2D eigenvalue weighted by Crippen LogP contribution is -2.48. The molecule has 1 fully saturated rings. The first-order valence-electron chi connectivity index (χ1n) is 4.22. The molecule has 80 valence electrons. The van der Waals surface area contributed by atoms with Crippen molar-refractivity contribution in [3.63, 3.8) is 0 Å². The van der Waals surface area contributed by atoms with Crippen LogP contribution >= 0.6 is 12.4 Å². The summed E-state index contributed by atoms with van der Waals surface area (Å²) in [6.45, 7) is 0. The summed E-state index contributed by atoms with van der Waals surface area (Å²) >= 11 is 0. The van der Waals surface area contributed by atoms with Crippen molar-refractivity contribution < 1.29 is 8.42 Å². The third-order valence-electron chi connectivity index (χ3n) is 2.18. The van der Waals surface area contributed by atoms with Crippen LogP contribution < -0.4 is 10.5 Å². The third-order valence-corrected chi connectivity index (χ3v) is 2.92. The predicted octanol–water partition coefficient (Wildman–Crippen LogP) is 0.227. The molecule has 0 unspecified atom stereocenters. The molecule has 3 N–H and O–H groups in total. The minimum atomic E-state index is -3.09. The molecular formula is C7H17ClN2O2S. The topological polar surface area (TPSA) is 72.2 Å². The minimum Gasteiger partial charge on any atom is -0.326 e. The molecule has 2 atom stereocenters. The van der Waals surface area contributed by atoms with Crippen LogP contribution in [0, 0.1) is 0 Å². The molecule has 0 aromatic heterocycles. The van der Waals surface area contributed by atoms with Crippen LogP contribution in [-0.2, 0) is 10.0 Å². The zero-order valence-corrected chi connectivity index (χ0v) is 9.33. The van der Waals surface area contributed by atoms with E-state index in [0.717, 1.165) is 25.7 Å². The van der Waals surface area contributed by atoms with Crippen LogP contribution in [0.4, 0.5) is 0 Å². The number of nitrogens with one attached hydrogen (secondary N) is 1. The fourth-order valence-electron chi connectivity index (χ4n) is 1.58. The van der Waals surface area contributed by atoms with Gasteiger partial charge in [-0.15, -0.1) is 12.4 Å². The van der Waals surface area contributed by atoms with Crippen molar-refractivity contribution >= 4 is 22.4 Å². The number of hydrogen-bond acceptors (Lipinski definition) is 3. The molecule has 0 aliphatic heterocycles. The lowest BCUT2D eigenvalue weighted by molar-refractivity contribution is 0.361. The zero-order chi connectivity index (χ0) is 9.19. The molecule has 0 aromatic rings. The molecular weight excluding hydrogens is 212 g/mol. The maximum Gasteiger partial charge on any atom is 0.209 e. The molecule has 0 bridgehead atoms. The van der Waals surface area contributed by atoms with Gasteiger partial charge >= 0.3 is 0 Å². The van der Waals surface area contributed by atoms with E-state index in [1.54, 1.807) is 0 Å². The summed E-state index contributed by atoms with van der Waals surface area (Å²) in [5.74, 6) is 0. The molecule has 0 amide bonds. The van der Waals surface area contributed by atoms with E-state index in [4.69, 9.17) is 5.73 Å². The summed E-state index contributed by atoms with van der Waals surface area (Å²) < 4.78 is 24.3. The maximum atomic E-state index is 10.9. The third kappa shape index (κ3) is 4.81. The molecule has 0 radical (unpaired) electrons. The van der Waals surface area contributed by atoms with Gasteiger partial charge in [0.05, 0.1) is 6.26 Å². The van der Waals surface area contributed by atoms with Crippen LogP contribution in [0.3, 0.4) is 0 Å². The molecule has 0 aromatic carbocycles. The molecule has 4 nitrogen and oxygen atoms in total. The van der Waals surface area contributed by atoms with Gasteiger partial charge in [-0.2, -0.15) is 0 Å². The Hall–Kier alpha value is 0.160. The van der Waals surface area contributed by atoms with Crippen molar-refractivity contribution in [1.82, 2.24) is 4.72 Å². The van der Waals surface area contributed by atoms with Crippen molar-refractivity contribution in [3.05, 3.63) is 0 Å². The molecule has 1 saturated carbocycles. The second-order valence-corrected chi connectivity index (χ2v) is 5.22. The van der Waals surface area contributed by atoms with Gasteiger partial charge in [-0.1, -0.05) is 12.8 Å². The SMILES string of the molecule is CS(=O)(=O)N[C@H]1CCCC[C@H]1N.Cl. The van der Waals surface area contributed by atoms with Crippen LogP contribution in [0.5, 0.6) is 0 Å². The summed E-state index contributed by atoms with van der Waals surface area (Å²) in [6, 6.07) is -0.0535. The molecule has 1 aliphatic carbocycles. The molecule has 1 aliphatic rings. The highest BCUT2D eigenvalue weighted by Gasteiger charge is 2.23. The summed E-state index contributed by atoms with van der Waals surface area (Å²) in [7, 11) is -3.09. The van der Waals surface area contributed by atoms with Gasteiger partial charge in [0.25, 0.3) is 0 Å². The number of hydrogen-bond donors (Lipinski definition) is 2. The number of rotatable bonds is 2.